The summed E-state index contributed by atoms with van der Waals surface area (Å²) in [6.45, 7) is 8.77. The van der Waals surface area contributed by atoms with Crippen molar-refractivity contribution in [1.82, 2.24) is 14.7 Å². The summed E-state index contributed by atoms with van der Waals surface area (Å²) in [5, 5.41) is 0. The van der Waals surface area contributed by atoms with Crippen LogP contribution in [0, 0.1) is 5.92 Å². The molecule has 0 bridgehead atoms. The summed E-state index contributed by atoms with van der Waals surface area (Å²) in [6, 6.07) is 0.528. The third-order valence-electron chi connectivity index (χ3n) is 6.22. The fraction of sp³-hybridized carbons (Fsp3) is 0.900. The van der Waals surface area contributed by atoms with Gasteiger partial charge in [-0.05, 0) is 52.0 Å². The Balaban J connectivity index is 1.43. The molecule has 0 N–H and O–H groups in total. The molecule has 0 aromatic carbocycles. The minimum atomic E-state index is 0.188. The second-order valence-electron chi connectivity index (χ2n) is 7.93. The van der Waals surface area contributed by atoms with Gasteiger partial charge in [0.2, 0.25) is 11.8 Å². The minimum Gasteiger partial charge on any atom is -0.381 e. The van der Waals surface area contributed by atoms with Gasteiger partial charge >= 0.3 is 0 Å². The van der Waals surface area contributed by atoms with Gasteiger partial charge in [-0.15, -0.1) is 0 Å². The molecule has 3 aliphatic heterocycles. The van der Waals surface area contributed by atoms with Gasteiger partial charge in [-0.3, -0.25) is 14.5 Å². The Hall–Kier alpha value is -1.14. The van der Waals surface area contributed by atoms with Crippen LogP contribution in [0.5, 0.6) is 0 Å². The summed E-state index contributed by atoms with van der Waals surface area (Å²) in [6.07, 6.45) is 7.05. The number of likely N-dealkylation sites (tertiary alicyclic amines) is 3. The van der Waals surface area contributed by atoms with Gasteiger partial charge in [0.1, 0.15) is 0 Å². The zero-order valence-corrected chi connectivity index (χ0v) is 16.3. The second-order valence-corrected chi connectivity index (χ2v) is 7.93. The summed E-state index contributed by atoms with van der Waals surface area (Å²) >= 11 is 0. The quantitative estimate of drug-likeness (QED) is 0.673. The standard InChI is InChI=1S/C20H35N3O3/c1-2-26-15-9-19(24)21-13-7-18(8-14-21)23-12-5-6-17(16-23)20(25)22-10-3-4-11-22/h17-18H,2-16H2,1H3. The first-order chi connectivity index (χ1) is 12.7. The largest absolute Gasteiger partial charge is 0.381 e. The molecule has 1 unspecified atom stereocenters. The highest BCUT2D eigenvalue weighted by Gasteiger charge is 2.34. The molecule has 0 radical (unpaired) electrons. The van der Waals surface area contributed by atoms with Crippen molar-refractivity contribution in [3.05, 3.63) is 0 Å². The van der Waals surface area contributed by atoms with Gasteiger partial charge in [-0.25, -0.2) is 0 Å². The lowest BCUT2D eigenvalue weighted by Crippen LogP contribution is -2.51. The van der Waals surface area contributed by atoms with E-state index in [2.05, 4.69) is 9.80 Å². The summed E-state index contributed by atoms with van der Waals surface area (Å²) in [5.41, 5.74) is 0. The van der Waals surface area contributed by atoms with Crippen LogP contribution in [-0.2, 0) is 14.3 Å². The number of hydrogen-bond donors (Lipinski definition) is 0. The molecule has 6 nitrogen and oxygen atoms in total. The first kappa shape index (κ1) is 19.6. The number of hydrogen-bond acceptors (Lipinski definition) is 4. The van der Waals surface area contributed by atoms with Crippen LogP contribution in [0.4, 0.5) is 0 Å². The highest BCUT2D eigenvalue weighted by Crippen LogP contribution is 2.26. The number of amides is 2. The van der Waals surface area contributed by atoms with E-state index in [0.29, 0.717) is 31.6 Å². The van der Waals surface area contributed by atoms with Crippen molar-refractivity contribution in [1.29, 1.82) is 0 Å². The predicted molar refractivity (Wildman–Crippen MR) is 101 cm³/mol. The fourth-order valence-corrected chi connectivity index (χ4v) is 4.68. The van der Waals surface area contributed by atoms with Crippen LogP contribution >= 0.6 is 0 Å². The molecule has 3 rings (SSSR count). The average Bonchev–Trinajstić information content (AvgIpc) is 3.22. The summed E-state index contributed by atoms with van der Waals surface area (Å²) < 4.78 is 5.30. The molecule has 0 aromatic rings. The van der Waals surface area contributed by atoms with Crippen LogP contribution < -0.4 is 0 Å². The molecular weight excluding hydrogens is 330 g/mol. The monoisotopic (exact) mass is 365 g/mol. The number of carbonyl (C=O) groups excluding carboxylic acids is 2. The van der Waals surface area contributed by atoms with Crippen molar-refractivity contribution in [2.45, 2.75) is 57.9 Å². The Morgan fingerprint density at radius 1 is 0.923 bits per heavy atom. The molecule has 0 aromatic heterocycles. The Morgan fingerprint density at radius 2 is 1.65 bits per heavy atom. The van der Waals surface area contributed by atoms with E-state index in [1.807, 2.05) is 11.8 Å². The lowest BCUT2D eigenvalue weighted by atomic mass is 9.93. The lowest BCUT2D eigenvalue weighted by molar-refractivity contribution is -0.136. The molecular formula is C20H35N3O3. The van der Waals surface area contributed by atoms with Gasteiger partial charge in [0.15, 0.2) is 0 Å². The van der Waals surface area contributed by atoms with Crippen molar-refractivity contribution >= 4 is 11.8 Å². The van der Waals surface area contributed by atoms with Crippen LogP contribution in [0.1, 0.15) is 51.9 Å². The van der Waals surface area contributed by atoms with Crippen molar-refractivity contribution in [3.8, 4) is 0 Å². The lowest BCUT2D eigenvalue weighted by Gasteiger charge is -2.42. The van der Waals surface area contributed by atoms with E-state index in [4.69, 9.17) is 4.74 Å². The molecule has 2 amide bonds. The first-order valence-corrected chi connectivity index (χ1v) is 10.6. The van der Waals surface area contributed by atoms with Gasteiger partial charge in [-0.2, -0.15) is 0 Å². The molecule has 3 aliphatic rings. The third-order valence-corrected chi connectivity index (χ3v) is 6.22. The smallest absolute Gasteiger partial charge is 0.226 e. The second kappa shape index (κ2) is 9.70. The van der Waals surface area contributed by atoms with Crippen LogP contribution in [0.2, 0.25) is 0 Å². The first-order valence-electron chi connectivity index (χ1n) is 10.6. The van der Waals surface area contributed by atoms with E-state index in [0.717, 1.165) is 77.8 Å². The molecule has 1 atom stereocenters. The van der Waals surface area contributed by atoms with E-state index in [1.165, 1.54) is 0 Å². The number of rotatable bonds is 6. The molecule has 0 aliphatic carbocycles. The molecule has 3 heterocycles. The summed E-state index contributed by atoms with van der Waals surface area (Å²) in [5.74, 6) is 0.793. The van der Waals surface area contributed by atoms with E-state index >= 15 is 0 Å². The van der Waals surface area contributed by atoms with Crippen LogP contribution in [-0.4, -0.2) is 85.0 Å². The van der Waals surface area contributed by atoms with Gasteiger partial charge in [0, 0.05) is 45.4 Å². The number of nitrogens with zero attached hydrogens (tertiary/aromatic N) is 3. The summed E-state index contributed by atoms with van der Waals surface area (Å²) in [7, 11) is 0. The molecule has 6 heteroatoms. The Labute approximate surface area is 157 Å². The van der Waals surface area contributed by atoms with E-state index in [1.54, 1.807) is 0 Å². The van der Waals surface area contributed by atoms with Crippen molar-refractivity contribution < 1.29 is 14.3 Å². The predicted octanol–water partition coefficient (Wildman–Crippen LogP) is 1.74. The van der Waals surface area contributed by atoms with Crippen LogP contribution in [0.15, 0.2) is 0 Å². The Bertz CT molecular complexity index is 471. The average molecular weight is 366 g/mol. The van der Waals surface area contributed by atoms with Crippen molar-refractivity contribution in [3.63, 3.8) is 0 Å². The zero-order valence-electron chi connectivity index (χ0n) is 16.3. The molecule has 3 saturated heterocycles. The van der Waals surface area contributed by atoms with E-state index < -0.39 is 0 Å². The van der Waals surface area contributed by atoms with Crippen LogP contribution in [0.25, 0.3) is 0 Å². The third kappa shape index (κ3) is 4.97. The van der Waals surface area contributed by atoms with E-state index in [-0.39, 0.29) is 11.8 Å². The van der Waals surface area contributed by atoms with Gasteiger partial charge in [0.05, 0.1) is 18.9 Å². The highest BCUT2D eigenvalue weighted by molar-refractivity contribution is 5.79. The minimum absolute atomic E-state index is 0.188. The molecule has 3 fully saturated rings. The fourth-order valence-electron chi connectivity index (χ4n) is 4.68. The van der Waals surface area contributed by atoms with Gasteiger partial charge in [0.25, 0.3) is 0 Å². The van der Waals surface area contributed by atoms with Crippen molar-refractivity contribution in [2.75, 3.05) is 52.5 Å². The number of ether oxygens (including phenoxy) is 1. The molecule has 148 valence electrons. The highest BCUT2D eigenvalue weighted by atomic mass is 16.5. The topological polar surface area (TPSA) is 53.1 Å². The zero-order chi connectivity index (χ0) is 18.4. The van der Waals surface area contributed by atoms with Gasteiger partial charge in [-0.1, -0.05) is 0 Å². The maximum atomic E-state index is 12.7. The maximum absolute atomic E-state index is 12.7. The van der Waals surface area contributed by atoms with Crippen LogP contribution in [0.3, 0.4) is 0 Å². The maximum Gasteiger partial charge on any atom is 0.226 e. The Morgan fingerprint density at radius 3 is 2.35 bits per heavy atom. The van der Waals surface area contributed by atoms with E-state index in [9.17, 15) is 9.59 Å². The normalized spacial score (nSPS) is 25.7. The summed E-state index contributed by atoms with van der Waals surface area (Å²) in [4.78, 5) is 31.6. The molecule has 0 spiro atoms. The molecule has 0 saturated carbocycles. The number of piperidine rings is 2. The Kier molecular flexibility index (Phi) is 7.32. The number of carbonyl (C=O) groups is 2. The van der Waals surface area contributed by atoms with Gasteiger partial charge < -0.3 is 14.5 Å². The molecule has 26 heavy (non-hydrogen) atoms. The van der Waals surface area contributed by atoms with Crippen molar-refractivity contribution in [2.24, 2.45) is 5.92 Å². The SMILES string of the molecule is CCOCCC(=O)N1CCC(N2CCCC(C(=O)N3CCCC3)C2)CC1.